The van der Waals surface area contributed by atoms with E-state index < -0.39 is 0 Å². The summed E-state index contributed by atoms with van der Waals surface area (Å²) in [5.41, 5.74) is 6.90. The van der Waals surface area contributed by atoms with Crippen LogP contribution >= 0.6 is 11.8 Å². The van der Waals surface area contributed by atoms with Crippen LogP contribution < -0.4 is 5.73 Å². The maximum Gasteiger partial charge on any atom is 0.0628 e. The predicted octanol–water partition coefficient (Wildman–Crippen LogP) is 1.58. The zero-order valence-electron chi connectivity index (χ0n) is 9.13. The Morgan fingerprint density at radius 2 is 2.00 bits per heavy atom. The second-order valence-electron chi connectivity index (χ2n) is 3.59. The molecule has 3 nitrogen and oxygen atoms in total. The quantitative estimate of drug-likeness (QED) is 0.800. The Bertz CT molecular complexity index is 279. The molecule has 4 heteroatoms. The van der Waals surface area contributed by atoms with Gasteiger partial charge in [-0.1, -0.05) is 6.92 Å². The molecule has 0 aliphatic carbocycles. The lowest BCUT2D eigenvalue weighted by Gasteiger charge is -2.21. The van der Waals surface area contributed by atoms with Gasteiger partial charge in [0, 0.05) is 29.4 Å². The van der Waals surface area contributed by atoms with Crippen LogP contribution in [0.3, 0.4) is 0 Å². The summed E-state index contributed by atoms with van der Waals surface area (Å²) in [5.74, 6) is 0. The third-order valence-electron chi connectivity index (χ3n) is 2.35. The summed E-state index contributed by atoms with van der Waals surface area (Å²) in [4.78, 5) is 3.98. The molecular weight excluding hydrogens is 208 g/mol. The number of pyridine rings is 1. The van der Waals surface area contributed by atoms with Gasteiger partial charge in [-0.2, -0.15) is 0 Å². The highest BCUT2D eigenvalue weighted by molar-refractivity contribution is 8.00. The topological polar surface area (TPSA) is 59.1 Å². The lowest BCUT2D eigenvalue weighted by Crippen LogP contribution is -2.20. The van der Waals surface area contributed by atoms with E-state index >= 15 is 0 Å². The standard InChI is InChI=1S/C11H18N2OS/c1-8(14)9(2)15-11(7-12)10-3-5-13-6-4-10/h3-6,8-9,11,14H,7,12H2,1-2H3. The van der Waals surface area contributed by atoms with Gasteiger partial charge in [0.05, 0.1) is 6.10 Å². The van der Waals surface area contributed by atoms with Gasteiger partial charge in [-0.05, 0) is 24.6 Å². The zero-order chi connectivity index (χ0) is 11.3. The zero-order valence-corrected chi connectivity index (χ0v) is 9.95. The maximum atomic E-state index is 9.44. The molecule has 3 N–H and O–H groups in total. The molecule has 1 aromatic rings. The Hall–Kier alpha value is -0.580. The smallest absolute Gasteiger partial charge is 0.0628 e. The molecule has 0 saturated heterocycles. The van der Waals surface area contributed by atoms with Crippen molar-refractivity contribution in [1.82, 2.24) is 4.98 Å². The second-order valence-corrected chi connectivity index (χ2v) is 5.17. The highest BCUT2D eigenvalue weighted by atomic mass is 32.2. The summed E-state index contributed by atoms with van der Waals surface area (Å²) in [6, 6.07) is 3.94. The van der Waals surface area contributed by atoms with Crippen LogP contribution in [0.1, 0.15) is 24.7 Å². The fraction of sp³-hybridized carbons (Fsp3) is 0.545. The fourth-order valence-corrected chi connectivity index (χ4v) is 2.39. The van der Waals surface area contributed by atoms with Gasteiger partial charge >= 0.3 is 0 Å². The molecule has 1 heterocycles. The maximum absolute atomic E-state index is 9.44. The summed E-state index contributed by atoms with van der Waals surface area (Å²) < 4.78 is 0. The number of aliphatic hydroxyl groups is 1. The highest BCUT2D eigenvalue weighted by Crippen LogP contribution is 2.32. The molecule has 84 valence electrons. The minimum atomic E-state index is -0.314. The summed E-state index contributed by atoms with van der Waals surface area (Å²) in [6.45, 7) is 4.39. The molecule has 15 heavy (non-hydrogen) atoms. The first-order chi connectivity index (χ1) is 7.15. The molecule has 3 atom stereocenters. The van der Waals surface area contributed by atoms with Crippen LogP contribution in [0, 0.1) is 0 Å². The third kappa shape index (κ3) is 3.81. The molecule has 3 unspecified atom stereocenters. The van der Waals surface area contributed by atoms with Crippen molar-refractivity contribution >= 4 is 11.8 Å². The molecule has 0 radical (unpaired) electrons. The lowest BCUT2D eigenvalue weighted by molar-refractivity contribution is 0.196. The number of nitrogens with zero attached hydrogens (tertiary/aromatic N) is 1. The van der Waals surface area contributed by atoms with Crippen molar-refractivity contribution in [3.8, 4) is 0 Å². The van der Waals surface area contributed by atoms with Crippen molar-refractivity contribution in [2.75, 3.05) is 6.54 Å². The SMILES string of the molecule is CC(O)C(C)SC(CN)c1ccncc1. The van der Waals surface area contributed by atoms with E-state index in [1.807, 2.05) is 19.1 Å². The van der Waals surface area contributed by atoms with E-state index in [0.717, 1.165) is 0 Å². The van der Waals surface area contributed by atoms with Crippen molar-refractivity contribution in [3.05, 3.63) is 30.1 Å². The minimum Gasteiger partial charge on any atom is -0.392 e. The molecule has 0 fully saturated rings. The van der Waals surface area contributed by atoms with Crippen LogP contribution in [0.25, 0.3) is 0 Å². The van der Waals surface area contributed by atoms with E-state index in [2.05, 4.69) is 4.98 Å². The summed E-state index contributed by atoms with van der Waals surface area (Å²) in [5, 5.41) is 9.86. The predicted molar refractivity (Wildman–Crippen MR) is 64.8 cm³/mol. The van der Waals surface area contributed by atoms with E-state index in [1.165, 1.54) is 5.56 Å². The van der Waals surface area contributed by atoms with E-state index in [-0.39, 0.29) is 16.6 Å². The van der Waals surface area contributed by atoms with E-state index in [4.69, 9.17) is 5.73 Å². The van der Waals surface area contributed by atoms with Gasteiger partial charge in [-0.25, -0.2) is 0 Å². The molecule has 0 bridgehead atoms. The van der Waals surface area contributed by atoms with Gasteiger partial charge in [-0.15, -0.1) is 11.8 Å². The van der Waals surface area contributed by atoms with Crippen molar-refractivity contribution in [2.45, 2.75) is 30.5 Å². The average molecular weight is 226 g/mol. The van der Waals surface area contributed by atoms with Gasteiger partial charge < -0.3 is 10.8 Å². The first-order valence-electron chi connectivity index (χ1n) is 5.08. The van der Waals surface area contributed by atoms with Gasteiger partial charge in [0.1, 0.15) is 0 Å². The Labute approximate surface area is 95.1 Å². The van der Waals surface area contributed by atoms with Crippen LogP contribution in [-0.4, -0.2) is 28.0 Å². The molecule has 0 spiro atoms. The number of thioether (sulfide) groups is 1. The van der Waals surface area contributed by atoms with Crippen molar-refractivity contribution in [2.24, 2.45) is 5.73 Å². The van der Waals surface area contributed by atoms with E-state index in [0.29, 0.717) is 6.54 Å². The minimum absolute atomic E-state index is 0.187. The normalized spacial score (nSPS) is 17.1. The first-order valence-corrected chi connectivity index (χ1v) is 6.03. The van der Waals surface area contributed by atoms with Gasteiger partial charge in [0.2, 0.25) is 0 Å². The Kier molecular flexibility index (Phi) is 5.08. The Morgan fingerprint density at radius 3 is 2.47 bits per heavy atom. The molecule has 0 aliphatic heterocycles. The summed E-state index contributed by atoms with van der Waals surface area (Å²) in [6.07, 6.45) is 3.22. The molecular formula is C11H18N2OS. The summed E-state index contributed by atoms with van der Waals surface area (Å²) >= 11 is 1.70. The van der Waals surface area contributed by atoms with E-state index in [1.54, 1.807) is 31.1 Å². The Morgan fingerprint density at radius 1 is 1.40 bits per heavy atom. The number of hydrogen-bond acceptors (Lipinski definition) is 4. The van der Waals surface area contributed by atoms with Gasteiger partial charge in [0.25, 0.3) is 0 Å². The molecule has 1 rings (SSSR count). The largest absolute Gasteiger partial charge is 0.392 e. The third-order valence-corrected chi connectivity index (χ3v) is 3.97. The number of nitrogens with two attached hydrogens (primary N) is 1. The van der Waals surface area contributed by atoms with E-state index in [9.17, 15) is 5.11 Å². The highest BCUT2D eigenvalue weighted by Gasteiger charge is 2.17. The van der Waals surface area contributed by atoms with Crippen LogP contribution in [0.5, 0.6) is 0 Å². The fourth-order valence-electron chi connectivity index (χ4n) is 1.22. The van der Waals surface area contributed by atoms with Gasteiger partial charge in [0.15, 0.2) is 0 Å². The average Bonchev–Trinajstić information content (AvgIpc) is 2.26. The summed E-state index contributed by atoms with van der Waals surface area (Å²) in [7, 11) is 0. The monoisotopic (exact) mass is 226 g/mol. The number of aromatic nitrogens is 1. The number of hydrogen-bond donors (Lipinski definition) is 2. The van der Waals surface area contributed by atoms with Gasteiger partial charge in [-0.3, -0.25) is 4.98 Å². The van der Waals surface area contributed by atoms with Crippen molar-refractivity contribution in [1.29, 1.82) is 0 Å². The molecule has 0 aliphatic rings. The molecule has 0 aromatic carbocycles. The Balaban J connectivity index is 2.65. The van der Waals surface area contributed by atoms with Crippen molar-refractivity contribution < 1.29 is 5.11 Å². The van der Waals surface area contributed by atoms with Crippen molar-refractivity contribution in [3.63, 3.8) is 0 Å². The van der Waals surface area contributed by atoms with Crippen LogP contribution in [0.4, 0.5) is 0 Å². The van der Waals surface area contributed by atoms with Crippen LogP contribution in [-0.2, 0) is 0 Å². The first kappa shape index (κ1) is 12.5. The molecule has 1 aromatic heterocycles. The second kappa shape index (κ2) is 6.10. The van der Waals surface area contributed by atoms with Crippen LogP contribution in [0.2, 0.25) is 0 Å². The molecule has 0 amide bonds. The van der Waals surface area contributed by atoms with Crippen LogP contribution in [0.15, 0.2) is 24.5 Å². The lowest BCUT2D eigenvalue weighted by atomic mass is 10.2. The molecule has 0 saturated carbocycles. The number of aliphatic hydroxyl groups excluding tert-OH is 1. The number of rotatable bonds is 5.